The van der Waals surface area contributed by atoms with Gasteiger partial charge in [-0.15, -0.1) is 0 Å². The number of ether oxygens (including phenoxy) is 3. The van der Waals surface area contributed by atoms with E-state index in [2.05, 4.69) is 0 Å². The lowest BCUT2D eigenvalue weighted by atomic mass is 9.93. The van der Waals surface area contributed by atoms with Gasteiger partial charge in [-0.3, -0.25) is 10.1 Å². The number of hydrogen-bond acceptors (Lipinski definition) is 8. The Hall–Kier alpha value is -3.62. The zero-order valence-electron chi connectivity index (χ0n) is 16.2. The zero-order valence-corrected chi connectivity index (χ0v) is 16.2. The Morgan fingerprint density at radius 1 is 1.07 bits per heavy atom. The van der Waals surface area contributed by atoms with E-state index >= 15 is 0 Å². The Labute approximate surface area is 171 Å². The number of methoxy groups -OCH3 is 1. The van der Waals surface area contributed by atoms with E-state index < -0.39 is 22.6 Å². The van der Waals surface area contributed by atoms with Crippen molar-refractivity contribution in [3.05, 3.63) is 51.8 Å². The lowest BCUT2D eigenvalue weighted by Gasteiger charge is -2.38. The molecular weight excluding hydrogens is 394 g/mol. The molecule has 2 aromatic rings. The molecule has 0 radical (unpaired) electrons. The third-order valence-electron chi connectivity index (χ3n) is 5.19. The Bertz CT molecular complexity index is 1020. The number of carbonyl (C=O) groups excluding carboxylic acids is 2. The van der Waals surface area contributed by atoms with Gasteiger partial charge in [0.25, 0.3) is 11.5 Å². The standard InChI is InChI=1S/C21H19NO8/c1-27-17-7-5-13(22(25)26)11-15(17)18-8-6-14(28-18)12-16-19(23)29-21(30-20(16)24)9-3-2-4-10-21/h5-8,11-12H,2-4,9-10H2,1H3. The number of esters is 2. The van der Waals surface area contributed by atoms with Crippen LogP contribution in [0.4, 0.5) is 5.69 Å². The summed E-state index contributed by atoms with van der Waals surface area (Å²) in [4.78, 5) is 35.5. The molecule has 1 spiro atoms. The lowest BCUT2D eigenvalue weighted by Crippen LogP contribution is -2.47. The quantitative estimate of drug-likeness (QED) is 0.243. The first-order valence-electron chi connectivity index (χ1n) is 9.52. The van der Waals surface area contributed by atoms with E-state index in [0.717, 1.165) is 19.3 Å². The van der Waals surface area contributed by atoms with Crippen LogP contribution in [0.2, 0.25) is 0 Å². The molecule has 1 aliphatic heterocycles. The highest BCUT2D eigenvalue weighted by atomic mass is 16.7. The second-order valence-electron chi connectivity index (χ2n) is 7.15. The molecule has 1 saturated heterocycles. The van der Waals surface area contributed by atoms with Gasteiger partial charge in [0.05, 0.1) is 17.6 Å². The molecule has 156 valence electrons. The van der Waals surface area contributed by atoms with Crippen molar-refractivity contribution in [1.29, 1.82) is 0 Å². The number of carbonyl (C=O) groups is 2. The first-order chi connectivity index (χ1) is 14.4. The molecule has 0 bridgehead atoms. The first kappa shape index (κ1) is 19.7. The normalized spacial score (nSPS) is 18.0. The van der Waals surface area contributed by atoms with Crippen molar-refractivity contribution in [3.8, 4) is 17.1 Å². The van der Waals surface area contributed by atoms with Crippen molar-refractivity contribution in [2.75, 3.05) is 7.11 Å². The van der Waals surface area contributed by atoms with Gasteiger partial charge in [0, 0.05) is 31.1 Å². The maximum absolute atomic E-state index is 12.5. The van der Waals surface area contributed by atoms with Crippen LogP contribution in [0.1, 0.15) is 37.9 Å². The van der Waals surface area contributed by atoms with Gasteiger partial charge in [0.2, 0.25) is 0 Å². The second-order valence-corrected chi connectivity index (χ2v) is 7.15. The van der Waals surface area contributed by atoms with E-state index in [1.54, 1.807) is 6.07 Å². The number of non-ortho nitro benzene ring substituents is 1. The van der Waals surface area contributed by atoms with Gasteiger partial charge in [0.15, 0.2) is 0 Å². The van der Waals surface area contributed by atoms with Gasteiger partial charge in [-0.2, -0.15) is 0 Å². The molecule has 9 heteroatoms. The van der Waals surface area contributed by atoms with Gasteiger partial charge in [-0.25, -0.2) is 9.59 Å². The van der Waals surface area contributed by atoms with Gasteiger partial charge in [-0.1, -0.05) is 6.42 Å². The van der Waals surface area contributed by atoms with Crippen molar-refractivity contribution in [2.24, 2.45) is 0 Å². The fourth-order valence-corrected chi connectivity index (χ4v) is 3.68. The molecule has 0 N–H and O–H groups in total. The highest BCUT2D eigenvalue weighted by Gasteiger charge is 2.46. The highest BCUT2D eigenvalue weighted by molar-refractivity contribution is 6.18. The summed E-state index contributed by atoms with van der Waals surface area (Å²) in [5.74, 6) is -1.80. The molecule has 0 atom stereocenters. The molecule has 0 amide bonds. The smallest absolute Gasteiger partial charge is 0.349 e. The summed E-state index contributed by atoms with van der Waals surface area (Å²) >= 11 is 0. The predicted octanol–water partition coefficient (Wildman–Crippen LogP) is 4.01. The number of nitro groups is 1. The molecule has 2 aliphatic rings. The largest absolute Gasteiger partial charge is 0.496 e. The van der Waals surface area contributed by atoms with Crippen LogP contribution in [0.5, 0.6) is 5.75 Å². The molecule has 1 aromatic heterocycles. The SMILES string of the molecule is COc1ccc([N+](=O)[O-])cc1-c1ccc(C=C2C(=O)OC3(CCCCC3)OC2=O)o1. The van der Waals surface area contributed by atoms with E-state index in [4.69, 9.17) is 18.6 Å². The number of benzene rings is 1. The van der Waals surface area contributed by atoms with Gasteiger partial charge < -0.3 is 18.6 Å². The average molecular weight is 413 g/mol. The minimum absolute atomic E-state index is 0.126. The van der Waals surface area contributed by atoms with Crippen LogP contribution in [0, 0.1) is 10.1 Å². The Kier molecular flexibility index (Phi) is 5.03. The Morgan fingerprint density at radius 3 is 2.40 bits per heavy atom. The average Bonchev–Trinajstić information content (AvgIpc) is 3.19. The Morgan fingerprint density at radius 2 is 1.77 bits per heavy atom. The van der Waals surface area contributed by atoms with Crippen molar-refractivity contribution < 1.29 is 33.1 Å². The van der Waals surface area contributed by atoms with Crippen molar-refractivity contribution in [2.45, 2.75) is 37.9 Å². The van der Waals surface area contributed by atoms with E-state index in [9.17, 15) is 19.7 Å². The van der Waals surface area contributed by atoms with E-state index in [0.29, 0.717) is 24.2 Å². The monoisotopic (exact) mass is 413 g/mol. The predicted molar refractivity (Wildman–Crippen MR) is 103 cm³/mol. The molecule has 9 nitrogen and oxygen atoms in total. The van der Waals surface area contributed by atoms with Gasteiger partial charge in [0.1, 0.15) is 22.8 Å². The van der Waals surface area contributed by atoms with Crippen LogP contribution in [0.25, 0.3) is 17.4 Å². The summed E-state index contributed by atoms with van der Waals surface area (Å²) < 4.78 is 21.8. The maximum Gasteiger partial charge on any atom is 0.349 e. The van der Waals surface area contributed by atoms with Crippen LogP contribution in [0.15, 0.2) is 40.3 Å². The van der Waals surface area contributed by atoms with E-state index in [1.165, 1.54) is 37.5 Å². The molecule has 4 rings (SSSR count). The number of nitrogens with zero attached hydrogens (tertiary/aromatic N) is 1. The molecule has 30 heavy (non-hydrogen) atoms. The lowest BCUT2D eigenvalue weighted by molar-refractivity contribution is -0.384. The summed E-state index contributed by atoms with van der Waals surface area (Å²) in [7, 11) is 1.44. The third-order valence-corrected chi connectivity index (χ3v) is 5.19. The molecule has 2 fully saturated rings. The van der Waals surface area contributed by atoms with Crippen molar-refractivity contribution in [3.63, 3.8) is 0 Å². The molecule has 1 aliphatic carbocycles. The highest BCUT2D eigenvalue weighted by Crippen LogP contribution is 2.38. The molecule has 1 saturated carbocycles. The van der Waals surface area contributed by atoms with Crippen LogP contribution in [-0.2, 0) is 19.1 Å². The summed E-state index contributed by atoms with van der Waals surface area (Å²) in [6, 6.07) is 7.21. The fraction of sp³-hybridized carbons (Fsp3) is 0.333. The van der Waals surface area contributed by atoms with E-state index in [-0.39, 0.29) is 22.8 Å². The molecular formula is C21H19NO8. The van der Waals surface area contributed by atoms with Crippen molar-refractivity contribution >= 4 is 23.7 Å². The minimum atomic E-state index is -1.16. The number of rotatable bonds is 4. The number of nitro benzene ring substituents is 1. The van der Waals surface area contributed by atoms with Crippen molar-refractivity contribution in [1.82, 2.24) is 0 Å². The summed E-state index contributed by atoms with van der Waals surface area (Å²) in [6.45, 7) is 0. The summed E-state index contributed by atoms with van der Waals surface area (Å²) in [5.41, 5.74) is -0.0243. The fourth-order valence-electron chi connectivity index (χ4n) is 3.68. The maximum atomic E-state index is 12.5. The molecule has 0 unspecified atom stereocenters. The van der Waals surface area contributed by atoms with Crippen LogP contribution >= 0.6 is 0 Å². The topological polar surface area (TPSA) is 118 Å². The van der Waals surface area contributed by atoms with Gasteiger partial charge in [-0.05, 0) is 31.0 Å². The summed E-state index contributed by atoms with van der Waals surface area (Å²) in [6.07, 6.45) is 4.90. The second kappa shape index (κ2) is 7.66. The molecule has 1 aromatic carbocycles. The number of furan rings is 1. The third kappa shape index (κ3) is 3.66. The van der Waals surface area contributed by atoms with Gasteiger partial charge >= 0.3 is 11.9 Å². The van der Waals surface area contributed by atoms with Crippen LogP contribution in [0.3, 0.4) is 0 Å². The number of hydrogen-bond donors (Lipinski definition) is 0. The minimum Gasteiger partial charge on any atom is -0.496 e. The van der Waals surface area contributed by atoms with Crippen LogP contribution in [-0.4, -0.2) is 29.8 Å². The van der Waals surface area contributed by atoms with Crippen LogP contribution < -0.4 is 4.74 Å². The van der Waals surface area contributed by atoms with E-state index in [1.807, 2.05) is 0 Å². The Balaban J connectivity index is 1.61. The summed E-state index contributed by atoms with van der Waals surface area (Å²) in [5, 5.41) is 11.1. The molecule has 2 heterocycles. The first-order valence-corrected chi connectivity index (χ1v) is 9.52. The zero-order chi connectivity index (χ0) is 21.3.